The van der Waals surface area contributed by atoms with Crippen LogP contribution >= 0.6 is 0 Å². The van der Waals surface area contributed by atoms with Gasteiger partial charge in [0.15, 0.2) is 0 Å². The van der Waals surface area contributed by atoms with Crippen LogP contribution in [0.1, 0.15) is 33.5 Å². The van der Waals surface area contributed by atoms with Crippen LogP contribution < -0.4 is 0 Å². The van der Waals surface area contributed by atoms with Crippen LogP contribution in [0.5, 0.6) is 0 Å². The summed E-state index contributed by atoms with van der Waals surface area (Å²) >= 11 is 0. The second kappa shape index (κ2) is 15.3. The van der Waals surface area contributed by atoms with Crippen LogP contribution in [0.2, 0.25) is 0 Å². The maximum atomic E-state index is 5.28. The molecule has 0 amide bonds. The van der Waals surface area contributed by atoms with Gasteiger partial charge in [0.25, 0.3) is 0 Å². The number of rotatable bonds is 6. The quantitative estimate of drug-likeness (QED) is 0.162. The zero-order chi connectivity index (χ0) is 44.7. The number of fused-ring (bicyclic) bond motifs is 8. The molecular formula is C67H41N. The minimum atomic E-state index is 0.953. The first-order valence-corrected chi connectivity index (χ1v) is 23.5. The van der Waals surface area contributed by atoms with Gasteiger partial charge in [0.2, 0.25) is 0 Å². The summed E-state index contributed by atoms with van der Waals surface area (Å²) in [6.07, 6.45) is 1.95. The normalized spacial score (nSPS) is 13.4. The zero-order valence-electron chi connectivity index (χ0n) is 37.1. The van der Waals surface area contributed by atoms with Crippen molar-refractivity contribution in [3.63, 3.8) is 0 Å². The van der Waals surface area contributed by atoms with Crippen LogP contribution in [0.3, 0.4) is 0 Å². The summed E-state index contributed by atoms with van der Waals surface area (Å²) in [5, 5.41) is 12.2. The Labute approximate surface area is 395 Å². The average Bonchev–Trinajstić information content (AvgIpc) is 3.92. The first-order valence-electron chi connectivity index (χ1n) is 23.5. The Bertz CT molecular complexity index is 4170. The molecule has 1 aromatic heterocycles. The molecule has 0 saturated heterocycles. The number of pyridine rings is 1. The Morgan fingerprint density at radius 2 is 0.588 bits per heavy atom. The summed E-state index contributed by atoms with van der Waals surface area (Å²) < 4.78 is 0. The lowest BCUT2D eigenvalue weighted by molar-refractivity contribution is 1.28. The van der Waals surface area contributed by atoms with E-state index < -0.39 is 0 Å². The SMILES string of the molecule is c1ccc(C2=C3C(=C(c4cccc5ccccc45)c4cc(-c5ccc6ccccc6c5)c(-c5ccc6ccccc6c5)cc43)C(c3cccc4ccccc34)=C2c2cccc3ccccc23)nc1. The summed E-state index contributed by atoms with van der Waals surface area (Å²) in [6.45, 7) is 0. The van der Waals surface area contributed by atoms with E-state index in [9.17, 15) is 0 Å². The lowest BCUT2D eigenvalue weighted by atomic mass is 9.82. The number of allylic oxidation sites excluding steroid dienone is 5. The van der Waals surface area contributed by atoms with E-state index in [0.717, 1.165) is 11.3 Å². The van der Waals surface area contributed by atoms with E-state index in [1.165, 1.54) is 132 Å². The highest BCUT2D eigenvalue weighted by Crippen LogP contribution is 2.63. The van der Waals surface area contributed by atoms with E-state index in [0.29, 0.717) is 0 Å². The second-order valence-electron chi connectivity index (χ2n) is 18.1. The van der Waals surface area contributed by atoms with Crippen LogP contribution in [0.25, 0.3) is 104 Å². The molecule has 2 aliphatic carbocycles. The van der Waals surface area contributed by atoms with E-state index in [1.54, 1.807) is 0 Å². The summed E-state index contributed by atoms with van der Waals surface area (Å²) in [7, 11) is 0. The van der Waals surface area contributed by atoms with Gasteiger partial charge in [0, 0.05) is 22.9 Å². The highest BCUT2D eigenvalue weighted by Gasteiger charge is 2.42. The molecule has 0 atom stereocenters. The van der Waals surface area contributed by atoms with E-state index in [4.69, 9.17) is 4.98 Å². The molecule has 0 spiro atoms. The standard InChI is InChI=1S/C67H41N/c1-3-21-47-38-49(35-33-42(47)16-1)57-40-59-60(41-58(57)50-36-34-43-17-2-4-22-48(43)39-50)65-66(61-32-11-12-37-68-61)63(55-30-14-24-45-19-6-9-27-52(45)55)64(56-31-15-25-46-20-7-10-28-53(46)56)67(65)62(59)54-29-13-23-44-18-5-8-26-51(44)54/h1-41H. The van der Waals surface area contributed by atoms with Crippen molar-refractivity contribution in [2.45, 2.75) is 0 Å². The molecule has 0 bridgehead atoms. The molecule has 1 heterocycles. The van der Waals surface area contributed by atoms with Crippen molar-refractivity contribution in [3.8, 4) is 22.3 Å². The fourth-order valence-electron chi connectivity index (χ4n) is 11.4. The maximum absolute atomic E-state index is 5.28. The van der Waals surface area contributed by atoms with Gasteiger partial charge in [-0.3, -0.25) is 4.98 Å². The predicted octanol–water partition coefficient (Wildman–Crippen LogP) is 17.5. The van der Waals surface area contributed by atoms with Gasteiger partial charge in [-0.1, -0.05) is 206 Å². The Kier molecular flexibility index (Phi) is 8.66. The molecule has 11 aromatic carbocycles. The third-order valence-electron chi connectivity index (χ3n) is 14.4. The summed E-state index contributed by atoms with van der Waals surface area (Å²) in [5.74, 6) is 0. The van der Waals surface area contributed by atoms with Crippen LogP contribution in [-0.4, -0.2) is 4.98 Å². The average molecular weight is 860 g/mol. The van der Waals surface area contributed by atoms with E-state index in [-0.39, 0.29) is 0 Å². The molecule has 1 nitrogen and oxygen atoms in total. The van der Waals surface area contributed by atoms with Crippen molar-refractivity contribution in [2.24, 2.45) is 0 Å². The first kappa shape index (κ1) is 38.4. The van der Waals surface area contributed by atoms with Crippen molar-refractivity contribution in [2.75, 3.05) is 0 Å². The Morgan fingerprint density at radius 1 is 0.206 bits per heavy atom. The zero-order valence-corrected chi connectivity index (χ0v) is 37.1. The largest absolute Gasteiger partial charge is 0.256 e. The topological polar surface area (TPSA) is 12.9 Å². The third kappa shape index (κ3) is 5.93. The fourth-order valence-corrected chi connectivity index (χ4v) is 11.4. The smallest absolute Gasteiger partial charge is 0.0714 e. The molecule has 2 aliphatic rings. The number of nitrogens with zero attached hydrogens (tertiary/aromatic N) is 1. The summed E-state index contributed by atoms with van der Waals surface area (Å²) in [6, 6.07) is 89.8. The van der Waals surface area contributed by atoms with Crippen LogP contribution in [-0.2, 0) is 0 Å². The van der Waals surface area contributed by atoms with Gasteiger partial charge in [-0.25, -0.2) is 0 Å². The Balaban J connectivity index is 1.20. The van der Waals surface area contributed by atoms with Crippen molar-refractivity contribution >= 4 is 81.7 Å². The number of hydrogen-bond acceptors (Lipinski definition) is 1. The molecule has 0 fully saturated rings. The minimum absolute atomic E-state index is 0.953. The molecule has 0 N–H and O–H groups in total. The van der Waals surface area contributed by atoms with E-state index in [1.807, 2.05) is 12.3 Å². The van der Waals surface area contributed by atoms with Gasteiger partial charge in [0.05, 0.1) is 5.69 Å². The summed E-state index contributed by atoms with van der Waals surface area (Å²) in [5.41, 5.74) is 19.1. The van der Waals surface area contributed by atoms with E-state index >= 15 is 0 Å². The third-order valence-corrected chi connectivity index (χ3v) is 14.4. The summed E-state index contributed by atoms with van der Waals surface area (Å²) in [4.78, 5) is 5.28. The van der Waals surface area contributed by atoms with Crippen molar-refractivity contribution in [3.05, 3.63) is 288 Å². The lowest BCUT2D eigenvalue weighted by Gasteiger charge is -2.20. The van der Waals surface area contributed by atoms with Gasteiger partial charge in [-0.15, -0.1) is 0 Å². The first-order chi connectivity index (χ1) is 33.7. The minimum Gasteiger partial charge on any atom is -0.256 e. The van der Waals surface area contributed by atoms with Crippen molar-refractivity contribution in [1.82, 2.24) is 4.98 Å². The van der Waals surface area contributed by atoms with Gasteiger partial charge in [-0.05, 0) is 157 Å². The second-order valence-corrected chi connectivity index (χ2v) is 18.1. The number of hydrogen-bond donors (Lipinski definition) is 0. The van der Waals surface area contributed by atoms with Gasteiger partial charge in [0.1, 0.15) is 0 Å². The number of aromatic nitrogens is 1. The molecule has 14 rings (SSSR count). The molecule has 68 heavy (non-hydrogen) atoms. The van der Waals surface area contributed by atoms with Gasteiger partial charge >= 0.3 is 0 Å². The molecule has 0 aliphatic heterocycles. The van der Waals surface area contributed by atoms with Crippen LogP contribution in [0.15, 0.2) is 254 Å². The van der Waals surface area contributed by atoms with Gasteiger partial charge < -0.3 is 0 Å². The number of benzene rings is 11. The fraction of sp³-hybridized carbons (Fsp3) is 0. The van der Waals surface area contributed by atoms with Crippen molar-refractivity contribution < 1.29 is 0 Å². The molecular weight excluding hydrogens is 819 g/mol. The monoisotopic (exact) mass is 859 g/mol. The Morgan fingerprint density at radius 3 is 1.07 bits per heavy atom. The predicted molar refractivity (Wildman–Crippen MR) is 288 cm³/mol. The molecule has 1 heteroatoms. The van der Waals surface area contributed by atoms with Crippen molar-refractivity contribution in [1.29, 1.82) is 0 Å². The Hall–Kier alpha value is -8.91. The maximum Gasteiger partial charge on any atom is 0.0714 e. The molecule has 0 radical (unpaired) electrons. The highest BCUT2D eigenvalue weighted by molar-refractivity contribution is 6.41. The molecule has 314 valence electrons. The van der Waals surface area contributed by atoms with E-state index in [2.05, 4.69) is 237 Å². The van der Waals surface area contributed by atoms with Crippen LogP contribution in [0.4, 0.5) is 0 Å². The molecule has 0 unspecified atom stereocenters. The van der Waals surface area contributed by atoms with Crippen LogP contribution in [0, 0.1) is 0 Å². The van der Waals surface area contributed by atoms with Gasteiger partial charge in [-0.2, -0.15) is 0 Å². The molecule has 0 saturated carbocycles. The lowest BCUT2D eigenvalue weighted by Crippen LogP contribution is -1.99. The highest BCUT2D eigenvalue weighted by atomic mass is 14.7. The molecule has 12 aromatic rings.